The van der Waals surface area contributed by atoms with Crippen LogP contribution in [0, 0.1) is 5.82 Å². The second-order valence-corrected chi connectivity index (χ2v) is 9.66. The zero-order valence-corrected chi connectivity index (χ0v) is 22.8. The fraction of sp³-hybridized carbons (Fsp3) is 0.200. The van der Waals surface area contributed by atoms with Crippen LogP contribution in [0.5, 0.6) is 17.5 Å². The van der Waals surface area contributed by atoms with Crippen molar-refractivity contribution in [3.8, 4) is 39.9 Å². The Morgan fingerprint density at radius 3 is 2.45 bits per heavy atom. The molecule has 0 bridgehead atoms. The summed E-state index contributed by atoms with van der Waals surface area (Å²) in [5.41, 5.74) is 1.44. The second-order valence-electron chi connectivity index (χ2n) is 9.29. The highest BCUT2D eigenvalue weighted by Gasteiger charge is 2.38. The standard InChI is InChI=1S/C30H21ClF4N2O5/c1-40-25-12-15(11-23(32)21(25)14-39)27-26(31)20(8-9-36-27)17-4-3-5-19-18(17)6-7-24(19)42-29-22(30(33,34)35)10-16(13-38)28(37-29)41-2/h3-5,8-14,24H,6-7H2,1-2H3/t24-/m0/s1. The number of carbonyl (C=O) groups is 2. The number of pyridine rings is 2. The van der Waals surface area contributed by atoms with E-state index in [-0.39, 0.29) is 45.3 Å². The van der Waals surface area contributed by atoms with Crippen molar-refractivity contribution in [1.82, 2.24) is 9.97 Å². The number of halogens is 5. The maximum atomic E-state index is 14.6. The molecule has 2 aromatic heterocycles. The summed E-state index contributed by atoms with van der Waals surface area (Å²) in [6.07, 6.45) is -2.74. The molecule has 2 aromatic carbocycles. The minimum atomic E-state index is -4.83. The van der Waals surface area contributed by atoms with Crippen molar-refractivity contribution in [2.24, 2.45) is 0 Å². The van der Waals surface area contributed by atoms with Gasteiger partial charge in [0.2, 0.25) is 11.8 Å². The molecule has 1 atom stereocenters. The van der Waals surface area contributed by atoms with Crippen molar-refractivity contribution in [3.05, 3.63) is 87.3 Å². The number of benzene rings is 2. The second kappa shape index (κ2) is 11.4. The van der Waals surface area contributed by atoms with Crippen molar-refractivity contribution in [2.45, 2.75) is 25.1 Å². The van der Waals surface area contributed by atoms with E-state index in [9.17, 15) is 27.2 Å². The third-order valence-corrected chi connectivity index (χ3v) is 7.34. The lowest BCUT2D eigenvalue weighted by Crippen LogP contribution is -2.14. The molecular weight excluding hydrogens is 580 g/mol. The smallest absolute Gasteiger partial charge is 0.421 e. The van der Waals surface area contributed by atoms with Crippen LogP contribution in [0.3, 0.4) is 0 Å². The van der Waals surface area contributed by atoms with Gasteiger partial charge in [0.25, 0.3) is 0 Å². The Morgan fingerprint density at radius 1 is 1.00 bits per heavy atom. The van der Waals surface area contributed by atoms with E-state index in [1.807, 2.05) is 6.07 Å². The minimum Gasteiger partial charge on any atom is -0.496 e. The molecule has 0 aliphatic heterocycles. The summed E-state index contributed by atoms with van der Waals surface area (Å²) in [4.78, 5) is 30.7. The molecule has 0 fully saturated rings. The molecule has 1 aliphatic carbocycles. The van der Waals surface area contributed by atoms with Gasteiger partial charge in [-0.05, 0) is 53.8 Å². The number of aldehydes is 2. The first kappa shape index (κ1) is 29.0. The van der Waals surface area contributed by atoms with E-state index in [2.05, 4.69) is 9.97 Å². The SMILES string of the molecule is COc1cc(-c2nccc(-c3cccc4c3CC[C@@H]4Oc3nc(OC)c(C=O)cc3C(F)(F)F)c2Cl)cc(F)c1C=O. The van der Waals surface area contributed by atoms with Gasteiger partial charge in [0.15, 0.2) is 12.6 Å². The van der Waals surface area contributed by atoms with Gasteiger partial charge in [-0.25, -0.2) is 4.39 Å². The highest BCUT2D eigenvalue weighted by atomic mass is 35.5. The summed E-state index contributed by atoms with van der Waals surface area (Å²) < 4.78 is 72.1. The maximum absolute atomic E-state index is 14.6. The number of ether oxygens (including phenoxy) is 3. The van der Waals surface area contributed by atoms with Gasteiger partial charge in [-0.1, -0.05) is 29.8 Å². The van der Waals surface area contributed by atoms with Crippen LogP contribution in [0.4, 0.5) is 17.6 Å². The van der Waals surface area contributed by atoms with E-state index < -0.39 is 29.5 Å². The third kappa shape index (κ3) is 5.16. The number of nitrogens with zero attached hydrogens (tertiary/aromatic N) is 2. The summed E-state index contributed by atoms with van der Waals surface area (Å²) in [6.45, 7) is 0. The summed E-state index contributed by atoms with van der Waals surface area (Å²) in [7, 11) is 2.50. The van der Waals surface area contributed by atoms with Crippen LogP contribution in [-0.2, 0) is 12.6 Å². The van der Waals surface area contributed by atoms with Gasteiger partial charge in [0.05, 0.1) is 36.1 Å². The number of aromatic nitrogens is 2. The van der Waals surface area contributed by atoms with E-state index in [4.69, 9.17) is 25.8 Å². The summed E-state index contributed by atoms with van der Waals surface area (Å²) in [5, 5.41) is 0.200. The van der Waals surface area contributed by atoms with Crippen LogP contribution in [0.15, 0.2) is 48.7 Å². The van der Waals surface area contributed by atoms with Crippen molar-refractivity contribution < 1.29 is 41.4 Å². The van der Waals surface area contributed by atoms with E-state index >= 15 is 0 Å². The fourth-order valence-corrected chi connectivity index (χ4v) is 5.35. The number of carbonyl (C=O) groups excluding carboxylic acids is 2. The van der Waals surface area contributed by atoms with Gasteiger partial charge in [-0.3, -0.25) is 14.6 Å². The van der Waals surface area contributed by atoms with Gasteiger partial charge in [0, 0.05) is 17.3 Å². The van der Waals surface area contributed by atoms with Gasteiger partial charge in [-0.15, -0.1) is 0 Å². The van der Waals surface area contributed by atoms with Crippen LogP contribution in [0.25, 0.3) is 22.4 Å². The van der Waals surface area contributed by atoms with E-state index in [1.165, 1.54) is 26.5 Å². The summed E-state index contributed by atoms with van der Waals surface area (Å²) in [6, 6.07) is 10.2. The minimum absolute atomic E-state index is 0.0218. The highest BCUT2D eigenvalue weighted by Crippen LogP contribution is 2.45. The Kier molecular flexibility index (Phi) is 7.87. The largest absolute Gasteiger partial charge is 0.496 e. The van der Waals surface area contributed by atoms with Gasteiger partial charge in [0.1, 0.15) is 23.2 Å². The Labute approximate surface area is 242 Å². The first-order valence-corrected chi connectivity index (χ1v) is 12.9. The lowest BCUT2D eigenvalue weighted by molar-refractivity contribution is -0.139. The van der Waals surface area contributed by atoms with Crippen LogP contribution in [0.1, 0.15) is 49.9 Å². The van der Waals surface area contributed by atoms with E-state index in [0.717, 1.165) is 11.6 Å². The van der Waals surface area contributed by atoms with Crippen molar-refractivity contribution in [2.75, 3.05) is 14.2 Å². The molecule has 216 valence electrons. The number of fused-ring (bicyclic) bond motifs is 1. The summed E-state index contributed by atoms with van der Waals surface area (Å²) >= 11 is 6.80. The van der Waals surface area contributed by atoms with E-state index in [0.29, 0.717) is 41.9 Å². The first-order valence-electron chi connectivity index (χ1n) is 12.5. The molecular formula is C30H21ClF4N2O5. The molecule has 0 N–H and O–H groups in total. The van der Waals surface area contributed by atoms with Crippen molar-refractivity contribution in [1.29, 1.82) is 0 Å². The average Bonchev–Trinajstić information content (AvgIpc) is 3.38. The summed E-state index contributed by atoms with van der Waals surface area (Å²) in [5.74, 6) is -1.76. The van der Waals surface area contributed by atoms with Crippen LogP contribution in [-0.4, -0.2) is 36.8 Å². The average molecular weight is 601 g/mol. The molecule has 0 saturated heterocycles. The fourth-order valence-electron chi connectivity index (χ4n) is 5.03. The number of rotatable bonds is 8. The van der Waals surface area contributed by atoms with Crippen molar-refractivity contribution >= 4 is 24.2 Å². The van der Waals surface area contributed by atoms with Gasteiger partial charge in [-0.2, -0.15) is 18.2 Å². The lowest BCUT2D eigenvalue weighted by Gasteiger charge is -2.20. The number of hydrogen-bond acceptors (Lipinski definition) is 7. The number of hydrogen-bond donors (Lipinski definition) is 0. The molecule has 0 unspecified atom stereocenters. The molecule has 12 heteroatoms. The van der Waals surface area contributed by atoms with Gasteiger partial charge < -0.3 is 14.2 Å². The molecule has 2 heterocycles. The zero-order chi connectivity index (χ0) is 30.2. The molecule has 5 rings (SSSR count). The van der Waals surface area contributed by atoms with Gasteiger partial charge >= 0.3 is 6.18 Å². The molecule has 7 nitrogen and oxygen atoms in total. The Bertz CT molecular complexity index is 1710. The molecule has 0 amide bonds. The Morgan fingerprint density at radius 2 is 1.79 bits per heavy atom. The first-order chi connectivity index (χ1) is 20.1. The molecule has 4 aromatic rings. The molecule has 42 heavy (non-hydrogen) atoms. The molecule has 0 saturated carbocycles. The predicted molar refractivity (Wildman–Crippen MR) is 145 cm³/mol. The molecule has 0 spiro atoms. The third-order valence-electron chi connectivity index (χ3n) is 6.96. The normalized spacial score (nSPS) is 14.3. The monoisotopic (exact) mass is 600 g/mol. The van der Waals surface area contributed by atoms with Crippen molar-refractivity contribution in [3.63, 3.8) is 0 Å². The van der Waals surface area contributed by atoms with E-state index in [1.54, 1.807) is 18.2 Å². The maximum Gasteiger partial charge on any atom is 0.421 e. The molecule has 0 radical (unpaired) electrons. The Hall–Kier alpha value is -4.51. The van der Waals surface area contributed by atoms with Crippen LogP contribution < -0.4 is 14.2 Å². The van der Waals surface area contributed by atoms with Crippen LogP contribution >= 0.6 is 11.6 Å². The number of methoxy groups -OCH3 is 2. The topological polar surface area (TPSA) is 87.6 Å². The Balaban J connectivity index is 1.55. The predicted octanol–water partition coefficient (Wildman–Crippen LogP) is 7.33. The zero-order valence-electron chi connectivity index (χ0n) is 22.1. The molecule has 1 aliphatic rings. The highest BCUT2D eigenvalue weighted by molar-refractivity contribution is 6.35. The quantitative estimate of drug-likeness (QED) is 0.155. The number of alkyl halides is 3. The lowest BCUT2D eigenvalue weighted by atomic mass is 9.95. The van der Waals surface area contributed by atoms with Crippen LogP contribution in [0.2, 0.25) is 5.02 Å².